The van der Waals surface area contributed by atoms with E-state index in [1.807, 2.05) is 24.3 Å². The average molecular weight is 327 g/mol. The van der Waals surface area contributed by atoms with Crippen LogP contribution >= 0.6 is 0 Å². The predicted molar refractivity (Wildman–Crippen MR) is 86.0 cm³/mol. The van der Waals surface area contributed by atoms with Gasteiger partial charge in [0.05, 0.1) is 16.8 Å². The molecule has 7 heteroatoms. The summed E-state index contributed by atoms with van der Waals surface area (Å²) in [5.74, 6) is 0. The quantitative estimate of drug-likeness (QED) is 0.873. The minimum atomic E-state index is -3.90. The Labute approximate surface area is 133 Å². The highest BCUT2D eigenvalue weighted by Gasteiger charge is 2.13. The summed E-state index contributed by atoms with van der Waals surface area (Å²) in [7, 11) is -3.90. The largest absolute Gasteiger partial charge is 0.299 e. The molecular weight excluding hydrogens is 314 g/mol. The number of sulfonamides is 1. The van der Waals surface area contributed by atoms with Crippen molar-refractivity contribution in [2.24, 2.45) is 9.63 Å². The monoisotopic (exact) mass is 327 g/mol. The first-order valence-corrected chi connectivity index (χ1v) is 8.19. The molecule has 0 aliphatic carbocycles. The minimum absolute atomic E-state index is 0.0679. The maximum Gasteiger partial charge on any atom is 0.299 e. The van der Waals surface area contributed by atoms with Gasteiger partial charge in [-0.05, 0) is 35.1 Å². The number of hydroxylamine groups is 2. The van der Waals surface area contributed by atoms with E-state index < -0.39 is 10.0 Å². The normalized spacial score (nSPS) is 16.7. The Bertz CT molecular complexity index is 959. The minimum Gasteiger partial charge on any atom is -0.284 e. The van der Waals surface area contributed by atoms with Gasteiger partial charge >= 0.3 is 0 Å². The zero-order valence-corrected chi connectivity index (χ0v) is 12.8. The van der Waals surface area contributed by atoms with E-state index in [-0.39, 0.29) is 4.90 Å². The Morgan fingerprint density at radius 3 is 2.61 bits per heavy atom. The SMILES string of the molecule is O=S(=O)(N=NC=C1C=CC=CN1O)c1ccc2ccccc2c1. The summed E-state index contributed by atoms with van der Waals surface area (Å²) in [5.41, 5.74) is 0.310. The van der Waals surface area contributed by atoms with Gasteiger partial charge in [0, 0.05) is 6.20 Å². The molecule has 0 bridgehead atoms. The number of allylic oxidation sites excluding steroid dienone is 3. The average Bonchev–Trinajstić information content (AvgIpc) is 2.56. The summed E-state index contributed by atoms with van der Waals surface area (Å²) in [6.45, 7) is 0. The van der Waals surface area contributed by atoms with Crippen molar-refractivity contribution in [1.29, 1.82) is 0 Å². The summed E-state index contributed by atoms with van der Waals surface area (Å²) >= 11 is 0. The molecule has 1 N–H and O–H groups in total. The third-order valence-electron chi connectivity index (χ3n) is 3.23. The second kappa shape index (κ2) is 6.15. The van der Waals surface area contributed by atoms with Gasteiger partial charge < -0.3 is 0 Å². The maximum atomic E-state index is 12.2. The first-order chi connectivity index (χ1) is 11.1. The van der Waals surface area contributed by atoms with Crippen LogP contribution in [-0.2, 0) is 10.0 Å². The fourth-order valence-electron chi connectivity index (χ4n) is 2.07. The van der Waals surface area contributed by atoms with Gasteiger partial charge in [-0.1, -0.05) is 40.9 Å². The first kappa shape index (κ1) is 15.1. The maximum absolute atomic E-state index is 12.2. The van der Waals surface area contributed by atoms with Crippen molar-refractivity contribution in [2.45, 2.75) is 4.90 Å². The highest BCUT2D eigenvalue weighted by atomic mass is 32.2. The number of hydrogen-bond donors (Lipinski definition) is 1. The van der Waals surface area contributed by atoms with Crippen LogP contribution in [0.1, 0.15) is 0 Å². The molecule has 0 saturated carbocycles. The van der Waals surface area contributed by atoms with Crippen LogP contribution in [0.2, 0.25) is 0 Å². The highest BCUT2D eigenvalue weighted by Crippen LogP contribution is 2.20. The number of fused-ring (bicyclic) bond motifs is 1. The van der Waals surface area contributed by atoms with Crippen LogP contribution in [0.3, 0.4) is 0 Å². The van der Waals surface area contributed by atoms with Crippen molar-refractivity contribution in [3.05, 3.63) is 78.8 Å². The van der Waals surface area contributed by atoms with Crippen molar-refractivity contribution in [3.8, 4) is 0 Å². The van der Waals surface area contributed by atoms with Crippen LogP contribution in [0.15, 0.2) is 93.3 Å². The molecule has 23 heavy (non-hydrogen) atoms. The number of rotatable bonds is 3. The molecule has 1 aliphatic rings. The van der Waals surface area contributed by atoms with Gasteiger partial charge in [-0.15, -0.1) is 5.11 Å². The van der Waals surface area contributed by atoms with E-state index in [9.17, 15) is 13.6 Å². The molecule has 3 rings (SSSR count). The Balaban J connectivity index is 1.88. The second-order valence-corrected chi connectivity index (χ2v) is 6.37. The smallest absolute Gasteiger partial charge is 0.284 e. The topological polar surface area (TPSA) is 82.3 Å². The second-order valence-electron chi connectivity index (χ2n) is 4.78. The van der Waals surface area contributed by atoms with E-state index in [0.717, 1.165) is 15.8 Å². The van der Waals surface area contributed by atoms with Crippen LogP contribution in [0.25, 0.3) is 10.8 Å². The standard InChI is InChI=1S/C16H13N3O3S/c20-19-10-4-3-7-15(19)12-17-18-23(21,22)16-9-8-13-5-1-2-6-14(13)11-16/h1-12,20H. The van der Waals surface area contributed by atoms with Crippen LogP contribution < -0.4 is 0 Å². The first-order valence-electron chi connectivity index (χ1n) is 6.75. The van der Waals surface area contributed by atoms with E-state index in [1.54, 1.807) is 30.4 Å². The molecular formula is C16H13N3O3S. The molecule has 0 aromatic heterocycles. The molecule has 0 fully saturated rings. The molecule has 0 spiro atoms. The lowest BCUT2D eigenvalue weighted by molar-refractivity contribution is -0.000512. The molecule has 0 radical (unpaired) electrons. The molecule has 2 aromatic rings. The number of nitrogens with zero attached hydrogens (tertiary/aromatic N) is 3. The fraction of sp³-hybridized carbons (Fsp3) is 0. The Hall–Kier alpha value is -2.77. The molecule has 0 saturated heterocycles. The summed E-state index contributed by atoms with van der Waals surface area (Å²) in [6, 6.07) is 12.2. The van der Waals surface area contributed by atoms with Gasteiger partial charge in [-0.25, -0.2) is 5.06 Å². The summed E-state index contributed by atoms with van der Waals surface area (Å²) < 4.78 is 27.8. The summed E-state index contributed by atoms with van der Waals surface area (Å²) in [6.07, 6.45) is 7.45. The van der Waals surface area contributed by atoms with Crippen molar-refractivity contribution in [2.75, 3.05) is 0 Å². The number of hydrogen-bond acceptors (Lipinski definition) is 5. The van der Waals surface area contributed by atoms with Crippen molar-refractivity contribution < 1.29 is 13.6 Å². The third-order valence-corrected chi connectivity index (χ3v) is 4.39. The lowest BCUT2D eigenvalue weighted by atomic mass is 10.1. The molecule has 0 amide bonds. The molecule has 2 aromatic carbocycles. The van der Waals surface area contributed by atoms with Crippen molar-refractivity contribution in [3.63, 3.8) is 0 Å². The summed E-state index contributed by atoms with van der Waals surface area (Å²) in [4.78, 5) is 0.0679. The van der Waals surface area contributed by atoms with Crippen LogP contribution in [0, 0.1) is 0 Å². The van der Waals surface area contributed by atoms with E-state index >= 15 is 0 Å². The van der Waals surface area contributed by atoms with Crippen LogP contribution in [0.4, 0.5) is 0 Å². The van der Waals surface area contributed by atoms with E-state index in [4.69, 9.17) is 0 Å². The lowest BCUT2D eigenvalue weighted by Crippen LogP contribution is -2.10. The van der Waals surface area contributed by atoms with E-state index in [1.165, 1.54) is 18.5 Å². The zero-order chi connectivity index (χ0) is 16.3. The van der Waals surface area contributed by atoms with Crippen LogP contribution in [-0.4, -0.2) is 18.7 Å². The Morgan fingerprint density at radius 1 is 1.04 bits per heavy atom. The highest BCUT2D eigenvalue weighted by molar-refractivity contribution is 7.90. The number of benzene rings is 2. The predicted octanol–water partition coefficient (Wildman–Crippen LogP) is 3.60. The lowest BCUT2D eigenvalue weighted by Gasteiger charge is -2.13. The van der Waals surface area contributed by atoms with Gasteiger partial charge in [0.1, 0.15) is 0 Å². The molecule has 116 valence electrons. The van der Waals surface area contributed by atoms with Gasteiger partial charge in [0.2, 0.25) is 0 Å². The van der Waals surface area contributed by atoms with Gasteiger partial charge in [-0.2, -0.15) is 8.42 Å². The molecule has 0 atom stereocenters. The fourth-order valence-corrected chi connectivity index (χ4v) is 2.85. The van der Waals surface area contributed by atoms with Gasteiger partial charge in [0.25, 0.3) is 10.0 Å². The van der Waals surface area contributed by atoms with Crippen LogP contribution in [0.5, 0.6) is 0 Å². The molecule has 6 nitrogen and oxygen atoms in total. The van der Waals surface area contributed by atoms with Gasteiger partial charge in [0.15, 0.2) is 0 Å². The van der Waals surface area contributed by atoms with Crippen molar-refractivity contribution >= 4 is 20.8 Å². The zero-order valence-electron chi connectivity index (χ0n) is 11.9. The van der Waals surface area contributed by atoms with E-state index in [2.05, 4.69) is 9.63 Å². The molecule has 0 unspecified atom stereocenters. The Morgan fingerprint density at radius 2 is 1.83 bits per heavy atom. The van der Waals surface area contributed by atoms with Gasteiger partial charge in [-0.3, -0.25) is 5.21 Å². The van der Waals surface area contributed by atoms with Crippen molar-refractivity contribution in [1.82, 2.24) is 5.06 Å². The Kier molecular flexibility index (Phi) is 4.05. The molecule has 1 aliphatic heterocycles. The molecule has 1 heterocycles. The third kappa shape index (κ3) is 3.36. The summed E-state index contributed by atoms with van der Waals surface area (Å²) in [5, 5.41) is 15.6. The van der Waals surface area contributed by atoms with E-state index in [0.29, 0.717) is 5.70 Å².